The van der Waals surface area contributed by atoms with E-state index in [-0.39, 0.29) is 0 Å². The quantitative estimate of drug-likeness (QED) is 0.230. The maximum absolute atomic E-state index is 14.0. The number of fused-ring (bicyclic) bond motifs is 3. The van der Waals surface area contributed by atoms with Crippen molar-refractivity contribution < 1.29 is 26.3 Å². The summed E-state index contributed by atoms with van der Waals surface area (Å²) in [6, 6.07) is 25.4. The second-order valence-corrected chi connectivity index (χ2v) is 9.93. The summed E-state index contributed by atoms with van der Waals surface area (Å²) in [5, 5.41) is 0. The van der Waals surface area contributed by atoms with Crippen molar-refractivity contribution in [3.05, 3.63) is 155 Å². The van der Waals surface area contributed by atoms with Crippen molar-refractivity contribution in [1.82, 2.24) is 0 Å². The molecular formula is C33H22F6. The van der Waals surface area contributed by atoms with Crippen LogP contribution < -0.4 is 0 Å². The average Bonchev–Trinajstić information content (AvgIpc) is 3.57. The Bertz CT molecular complexity index is 1490. The fourth-order valence-corrected chi connectivity index (χ4v) is 6.36. The van der Waals surface area contributed by atoms with Gasteiger partial charge >= 0.3 is 12.4 Å². The van der Waals surface area contributed by atoms with Gasteiger partial charge in [-0.05, 0) is 45.5 Å². The molecule has 6 heteroatoms. The number of halogens is 6. The van der Waals surface area contributed by atoms with E-state index in [1.54, 1.807) is 24.3 Å². The van der Waals surface area contributed by atoms with E-state index in [0.29, 0.717) is 11.1 Å². The number of hydrogen-bond acceptors (Lipinski definition) is 0. The highest BCUT2D eigenvalue weighted by molar-refractivity contribution is 5.81. The minimum atomic E-state index is -4.62. The number of alkyl halides is 6. The molecule has 6 rings (SSSR count). The molecule has 0 atom stereocenters. The van der Waals surface area contributed by atoms with E-state index < -0.39 is 40.7 Å². The van der Waals surface area contributed by atoms with Gasteiger partial charge in [0.15, 0.2) is 0 Å². The molecule has 0 nitrogen and oxygen atoms in total. The van der Waals surface area contributed by atoms with Crippen molar-refractivity contribution in [3.8, 4) is 11.1 Å². The molecule has 2 aliphatic rings. The lowest BCUT2D eigenvalue weighted by Gasteiger charge is -2.45. The largest absolute Gasteiger partial charge is 0.416 e. The normalized spacial score (nSPS) is 15.5. The molecule has 0 bridgehead atoms. The van der Waals surface area contributed by atoms with Gasteiger partial charge in [0, 0.05) is 17.3 Å². The van der Waals surface area contributed by atoms with E-state index in [0.717, 1.165) is 46.5 Å². The Morgan fingerprint density at radius 3 is 1.31 bits per heavy atom. The molecule has 0 saturated heterocycles. The zero-order valence-electron chi connectivity index (χ0n) is 20.5. The lowest BCUT2D eigenvalue weighted by atomic mass is 9.56. The van der Waals surface area contributed by atoms with Gasteiger partial charge in [-0.2, -0.15) is 26.3 Å². The fraction of sp³-hybridized carbons (Fsp3) is 0.152. The van der Waals surface area contributed by atoms with E-state index in [9.17, 15) is 26.3 Å². The molecule has 2 aliphatic carbocycles. The highest BCUT2D eigenvalue weighted by Crippen LogP contribution is 2.60. The van der Waals surface area contributed by atoms with Gasteiger partial charge in [-0.3, -0.25) is 0 Å². The number of allylic oxidation sites excluding steroid dienone is 4. The molecule has 0 fully saturated rings. The Labute approximate surface area is 221 Å². The van der Waals surface area contributed by atoms with Gasteiger partial charge < -0.3 is 0 Å². The number of benzene rings is 4. The maximum atomic E-state index is 14.0. The Hall–Kier alpha value is -4.06. The van der Waals surface area contributed by atoms with Gasteiger partial charge in [0.05, 0.1) is 11.1 Å². The Morgan fingerprint density at radius 2 is 0.872 bits per heavy atom. The van der Waals surface area contributed by atoms with Gasteiger partial charge in [-0.15, -0.1) is 0 Å². The minimum absolute atomic E-state index is 0.300. The second kappa shape index (κ2) is 9.01. The molecule has 0 unspecified atom stereocenters. The van der Waals surface area contributed by atoms with Crippen LogP contribution in [-0.4, -0.2) is 0 Å². The van der Waals surface area contributed by atoms with Crippen LogP contribution in [0.5, 0.6) is 0 Å². The third-order valence-corrected chi connectivity index (χ3v) is 7.90. The van der Waals surface area contributed by atoms with E-state index >= 15 is 0 Å². The zero-order valence-corrected chi connectivity index (χ0v) is 20.5. The fourth-order valence-electron chi connectivity index (χ4n) is 6.36. The van der Waals surface area contributed by atoms with Gasteiger partial charge in [-0.1, -0.05) is 109 Å². The summed E-state index contributed by atoms with van der Waals surface area (Å²) in [5.41, 5.74) is 1.16. The first-order valence-electron chi connectivity index (χ1n) is 12.5. The van der Waals surface area contributed by atoms with Crippen molar-refractivity contribution in [3.63, 3.8) is 0 Å². The summed E-state index contributed by atoms with van der Waals surface area (Å²) in [5.74, 6) is -1.08. The van der Waals surface area contributed by atoms with Gasteiger partial charge in [0.25, 0.3) is 0 Å². The maximum Gasteiger partial charge on any atom is 0.416 e. The molecule has 0 heterocycles. The average molecular weight is 533 g/mol. The van der Waals surface area contributed by atoms with Gasteiger partial charge in [-0.25, -0.2) is 0 Å². The van der Waals surface area contributed by atoms with Crippen molar-refractivity contribution in [2.75, 3.05) is 0 Å². The highest BCUT2D eigenvalue weighted by atomic mass is 19.4. The first kappa shape index (κ1) is 25.2. The van der Waals surface area contributed by atoms with Crippen molar-refractivity contribution in [2.45, 2.75) is 23.7 Å². The van der Waals surface area contributed by atoms with Crippen LogP contribution in [0.15, 0.2) is 121 Å². The van der Waals surface area contributed by atoms with Crippen LogP contribution in [0.1, 0.15) is 39.3 Å². The van der Waals surface area contributed by atoms with Crippen LogP contribution in [0.3, 0.4) is 0 Å². The molecule has 4 aromatic rings. The van der Waals surface area contributed by atoms with Crippen LogP contribution in [0.2, 0.25) is 0 Å². The van der Waals surface area contributed by atoms with Crippen LogP contribution in [-0.2, 0) is 17.8 Å². The standard InChI is InChI=1S/C33H22F6/c34-32(35,36)24-13-7-11-22(19-24)31(21-9-1-2-10-21,23-12-8-14-25(20-23)33(37,38)39)30-28-17-5-3-15-26(28)27-16-4-6-18-29(27)30/h1-21,30H. The molecule has 0 saturated carbocycles. The van der Waals surface area contributed by atoms with Crippen LogP contribution in [0, 0.1) is 5.92 Å². The molecule has 0 N–H and O–H groups in total. The topological polar surface area (TPSA) is 0 Å². The molecule has 39 heavy (non-hydrogen) atoms. The zero-order chi connectivity index (χ0) is 27.4. The molecule has 0 amide bonds. The lowest BCUT2D eigenvalue weighted by molar-refractivity contribution is -0.138. The van der Waals surface area contributed by atoms with E-state index in [4.69, 9.17) is 0 Å². The summed E-state index contributed by atoms with van der Waals surface area (Å²) in [6.45, 7) is 0. The Kier molecular flexibility index (Phi) is 5.83. The van der Waals surface area contributed by atoms with E-state index in [1.165, 1.54) is 12.1 Å². The van der Waals surface area contributed by atoms with Crippen LogP contribution in [0.4, 0.5) is 26.3 Å². The molecule has 4 aromatic carbocycles. The van der Waals surface area contributed by atoms with E-state index in [2.05, 4.69) is 0 Å². The molecule has 0 radical (unpaired) electrons. The molecule has 0 aliphatic heterocycles. The smallest absolute Gasteiger partial charge is 0.166 e. The minimum Gasteiger partial charge on any atom is -0.166 e. The highest BCUT2D eigenvalue weighted by Gasteiger charge is 2.52. The Balaban J connectivity index is 1.77. The number of hydrogen-bond donors (Lipinski definition) is 0. The van der Waals surface area contributed by atoms with Crippen LogP contribution in [0.25, 0.3) is 11.1 Å². The molecular weight excluding hydrogens is 510 g/mol. The van der Waals surface area contributed by atoms with Crippen molar-refractivity contribution in [2.24, 2.45) is 5.92 Å². The summed E-state index contributed by atoms with van der Waals surface area (Å²) < 4.78 is 84.2. The monoisotopic (exact) mass is 532 g/mol. The van der Waals surface area contributed by atoms with Gasteiger partial charge in [0.2, 0.25) is 0 Å². The molecule has 0 aromatic heterocycles. The van der Waals surface area contributed by atoms with Crippen LogP contribution >= 0.6 is 0 Å². The second-order valence-electron chi connectivity index (χ2n) is 9.93. The first-order valence-corrected chi connectivity index (χ1v) is 12.5. The van der Waals surface area contributed by atoms with Crippen molar-refractivity contribution >= 4 is 0 Å². The molecule has 196 valence electrons. The Morgan fingerprint density at radius 1 is 0.462 bits per heavy atom. The predicted octanol–water partition coefficient (Wildman–Crippen LogP) is 9.56. The summed E-state index contributed by atoms with van der Waals surface area (Å²) >= 11 is 0. The van der Waals surface area contributed by atoms with E-state index in [1.807, 2.05) is 60.7 Å². The third kappa shape index (κ3) is 4.01. The summed E-state index contributed by atoms with van der Waals surface area (Å²) in [6.07, 6.45) is -1.92. The molecule has 0 spiro atoms. The predicted molar refractivity (Wildman–Crippen MR) is 139 cm³/mol. The SMILES string of the molecule is FC(F)(F)c1cccc(C(c2cccc(C(F)(F)F)c2)(C2C=CC=C2)C2c3ccccc3-c3ccccc32)c1. The first-order chi connectivity index (χ1) is 18.6. The number of rotatable bonds is 4. The third-order valence-electron chi connectivity index (χ3n) is 7.90. The summed E-state index contributed by atoms with van der Waals surface area (Å²) in [7, 11) is 0. The lowest BCUT2D eigenvalue weighted by Crippen LogP contribution is -2.41. The van der Waals surface area contributed by atoms with Gasteiger partial charge in [0.1, 0.15) is 0 Å². The summed E-state index contributed by atoms with van der Waals surface area (Å²) in [4.78, 5) is 0. The van der Waals surface area contributed by atoms with Crippen molar-refractivity contribution in [1.29, 1.82) is 0 Å².